The van der Waals surface area contributed by atoms with Gasteiger partial charge in [0.1, 0.15) is 5.01 Å². The Hall–Kier alpha value is -0.360. The quantitative estimate of drug-likeness (QED) is 0.709. The zero-order chi connectivity index (χ0) is 14.5. The van der Waals surface area contributed by atoms with E-state index >= 15 is 0 Å². The summed E-state index contributed by atoms with van der Waals surface area (Å²) in [4.78, 5) is 7.33. The number of aromatic nitrogens is 1. The lowest BCUT2D eigenvalue weighted by Crippen LogP contribution is -2.17. The number of hydrogen-bond acceptors (Lipinski definition) is 4. The Balaban J connectivity index is 2.00. The van der Waals surface area contributed by atoms with Crippen molar-refractivity contribution in [3.63, 3.8) is 0 Å². The van der Waals surface area contributed by atoms with Gasteiger partial charge in [-0.05, 0) is 44.7 Å². The lowest BCUT2D eigenvalue weighted by Gasteiger charge is -2.09. The molecule has 0 bridgehead atoms. The molecule has 1 aromatic carbocycles. The third-order valence-corrected chi connectivity index (χ3v) is 6.03. The third kappa shape index (κ3) is 4.32. The van der Waals surface area contributed by atoms with Crippen LogP contribution >= 0.6 is 39.0 Å². The summed E-state index contributed by atoms with van der Waals surface area (Å²) in [5.41, 5.74) is 1.16. The van der Waals surface area contributed by atoms with Crippen LogP contribution in [0.3, 0.4) is 0 Å². The van der Waals surface area contributed by atoms with Gasteiger partial charge in [-0.1, -0.05) is 22.9 Å². The van der Waals surface area contributed by atoms with Crippen molar-refractivity contribution in [3.8, 4) is 0 Å². The van der Waals surface area contributed by atoms with Crippen LogP contribution in [0.15, 0.2) is 33.6 Å². The molecule has 0 amide bonds. The van der Waals surface area contributed by atoms with E-state index in [1.165, 1.54) is 14.8 Å². The molecule has 1 atom stereocenters. The van der Waals surface area contributed by atoms with Crippen LogP contribution in [0.4, 0.5) is 0 Å². The number of benzene rings is 1. The van der Waals surface area contributed by atoms with Crippen molar-refractivity contribution in [2.24, 2.45) is 0 Å². The van der Waals surface area contributed by atoms with E-state index in [0.29, 0.717) is 6.04 Å². The molecule has 2 rings (SSSR count). The van der Waals surface area contributed by atoms with Crippen molar-refractivity contribution in [1.29, 1.82) is 0 Å². The first-order valence-electron chi connectivity index (χ1n) is 6.68. The lowest BCUT2D eigenvalue weighted by molar-refractivity contribution is 0.603. The highest BCUT2D eigenvalue weighted by Crippen LogP contribution is 2.30. The molecule has 1 unspecified atom stereocenters. The molecule has 0 saturated carbocycles. The van der Waals surface area contributed by atoms with E-state index in [1.54, 1.807) is 0 Å². The van der Waals surface area contributed by atoms with Crippen LogP contribution in [-0.2, 0) is 5.75 Å². The van der Waals surface area contributed by atoms with Crippen molar-refractivity contribution in [3.05, 3.63) is 44.3 Å². The Morgan fingerprint density at radius 3 is 2.70 bits per heavy atom. The van der Waals surface area contributed by atoms with Crippen LogP contribution in [-0.4, -0.2) is 11.5 Å². The summed E-state index contributed by atoms with van der Waals surface area (Å²) in [6.45, 7) is 7.43. The summed E-state index contributed by atoms with van der Waals surface area (Å²) in [5.74, 6) is 0.936. The number of thioether (sulfide) groups is 1. The second kappa shape index (κ2) is 7.59. The molecule has 0 aliphatic rings. The van der Waals surface area contributed by atoms with E-state index in [4.69, 9.17) is 4.98 Å². The first-order chi connectivity index (χ1) is 9.60. The standard InChI is InChI=1S/C15H19BrN2S2/c1-4-17-10(2)15-11(3)18-14(20-15)9-19-13-7-5-12(16)6-8-13/h5-8,10,17H,4,9H2,1-3H3. The molecule has 1 aromatic heterocycles. The highest BCUT2D eigenvalue weighted by atomic mass is 79.9. The minimum atomic E-state index is 0.393. The molecular formula is C15H19BrN2S2. The van der Waals surface area contributed by atoms with Gasteiger partial charge in [0.15, 0.2) is 0 Å². The third-order valence-electron chi connectivity index (χ3n) is 2.96. The van der Waals surface area contributed by atoms with Gasteiger partial charge in [-0.2, -0.15) is 0 Å². The molecule has 0 radical (unpaired) electrons. The van der Waals surface area contributed by atoms with Crippen molar-refractivity contribution in [1.82, 2.24) is 10.3 Å². The van der Waals surface area contributed by atoms with E-state index in [-0.39, 0.29) is 0 Å². The predicted octanol–water partition coefficient (Wildman–Crippen LogP) is 5.18. The molecule has 0 spiro atoms. The minimum Gasteiger partial charge on any atom is -0.310 e. The maximum Gasteiger partial charge on any atom is 0.103 e. The van der Waals surface area contributed by atoms with Crippen LogP contribution in [0.2, 0.25) is 0 Å². The summed E-state index contributed by atoms with van der Waals surface area (Å²) in [6, 6.07) is 8.82. The van der Waals surface area contributed by atoms with Gasteiger partial charge in [0.25, 0.3) is 0 Å². The van der Waals surface area contributed by atoms with Gasteiger partial charge in [-0.15, -0.1) is 23.1 Å². The molecule has 0 saturated heterocycles. The Labute approximate surface area is 137 Å². The monoisotopic (exact) mass is 370 g/mol. The van der Waals surface area contributed by atoms with Crippen LogP contribution < -0.4 is 5.32 Å². The first-order valence-corrected chi connectivity index (χ1v) is 9.27. The highest BCUT2D eigenvalue weighted by molar-refractivity contribution is 9.10. The van der Waals surface area contributed by atoms with Gasteiger partial charge in [0.05, 0.1) is 11.4 Å². The van der Waals surface area contributed by atoms with E-state index in [9.17, 15) is 0 Å². The summed E-state index contributed by atoms with van der Waals surface area (Å²) < 4.78 is 1.12. The second-order valence-corrected chi connectivity index (χ2v) is 7.66. The molecule has 0 aliphatic carbocycles. The number of hydrogen-bond donors (Lipinski definition) is 1. The predicted molar refractivity (Wildman–Crippen MR) is 92.6 cm³/mol. The highest BCUT2D eigenvalue weighted by Gasteiger charge is 2.13. The molecule has 0 fully saturated rings. The molecule has 2 nitrogen and oxygen atoms in total. The van der Waals surface area contributed by atoms with Crippen LogP contribution in [0.5, 0.6) is 0 Å². The van der Waals surface area contributed by atoms with Gasteiger partial charge in [-0.3, -0.25) is 0 Å². The van der Waals surface area contributed by atoms with Gasteiger partial charge >= 0.3 is 0 Å². The summed E-state index contributed by atoms with van der Waals surface area (Å²) in [5, 5.41) is 4.66. The fourth-order valence-corrected chi connectivity index (χ4v) is 4.25. The Morgan fingerprint density at radius 1 is 1.35 bits per heavy atom. The number of aryl methyl sites for hydroxylation is 1. The maximum atomic E-state index is 4.70. The summed E-state index contributed by atoms with van der Waals surface area (Å²) in [6.07, 6.45) is 0. The van der Waals surface area contributed by atoms with Crippen LogP contribution in [0.25, 0.3) is 0 Å². The maximum absolute atomic E-state index is 4.70. The zero-order valence-electron chi connectivity index (χ0n) is 11.9. The first kappa shape index (κ1) is 16.0. The number of nitrogens with one attached hydrogen (secondary N) is 1. The summed E-state index contributed by atoms with van der Waals surface area (Å²) in [7, 11) is 0. The Morgan fingerprint density at radius 2 is 2.05 bits per heavy atom. The van der Waals surface area contributed by atoms with E-state index in [1.807, 2.05) is 23.1 Å². The van der Waals surface area contributed by atoms with Gasteiger partial charge < -0.3 is 5.32 Å². The topological polar surface area (TPSA) is 24.9 Å². The average Bonchev–Trinajstić information content (AvgIpc) is 2.80. The van der Waals surface area contributed by atoms with Crippen molar-refractivity contribution in [2.75, 3.05) is 6.54 Å². The van der Waals surface area contributed by atoms with E-state index in [2.05, 4.69) is 66.3 Å². The molecular weight excluding hydrogens is 352 g/mol. The molecule has 108 valence electrons. The number of rotatable bonds is 6. The van der Waals surface area contributed by atoms with Crippen LogP contribution in [0, 0.1) is 6.92 Å². The van der Waals surface area contributed by atoms with Crippen molar-refractivity contribution in [2.45, 2.75) is 37.5 Å². The average molecular weight is 371 g/mol. The minimum absolute atomic E-state index is 0.393. The molecule has 1 N–H and O–H groups in total. The summed E-state index contributed by atoms with van der Waals surface area (Å²) >= 11 is 7.12. The number of nitrogens with zero attached hydrogens (tertiary/aromatic N) is 1. The van der Waals surface area contributed by atoms with Crippen LogP contribution in [0.1, 0.15) is 35.5 Å². The second-order valence-electron chi connectivity index (χ2n) is 4.58. The van der Waals surface area contributed by atoms with Crippen molar-refractivity contribution >= 4 is 39.0 Å². The van der Waals surface area contributed by atoms with E-state index < -0.39 is 0 Å². The van der Waals surface area contributed by atoms with Crippen molar-refractivity contribution < 1.29 is 0 Å². The van der Waals surface area contributed by atoms with Gasteiger partial charge in [0.2, 0.25) is 0 Å². The lowest BCUT2D eigenvalue weighted by atomic mass is 10.2. The number of thiazole rings is 1. The molecule has 2 aromatic rings. The normalized spacial score (nSPS) is 12.6. The fraction of sp³-hybridized carbons (Fsp3) is 0.400. The van der Waals surface area contributed by atoms with Gasteiger partial charge in [-0.25, -0.2) is 4.98 Å². The SMILES string of the molecule is CCNC(C)c1sc(CSc2ccc(Br)cc2)nc1C. The molecule has 20 heavy (non-hydrogen) atoms. The van der Waals surface area contributed by atoms with Gasteiger partial charge in [0, 0.05) is 20.3 Å². The number of halogens is 1. The molecule has 1 heterocycles. The smallest absolute Gasteiger partial charge is 0.103 e. The Bertz CT molecular complexity index is 552. The zero-order valence-corrected chi connectivity index (χ0v) is 15.2. The fourth-order valence-electron chi connectivity index (χ4n) is 2.00. The molecule has 5 heteroatoms. The Kier molecular flexibility index (Phi) is 6.08. The largest absolute Gasteiger partial charge is 0.310 e. The van der Waals surface area contributed by atoms with E-state index in [0.717, 1.165) is 22.5 Å². The molecule has 0 aliphatic heterocycles.